The fourth-order valence-electron chi connectivity index (χ4n) is 3.05. The second-order valence-corrected chi connectivity index (χ2v) is 7.82. The Kier molecular flexibility index (Phi) is 7.01. The smallest absolute Gasteiger partial charge is 0.250 e. The lowest BCUT2D eigenvalue weighted by molar-refractivity contribution is -0.118. The van der Waals surface area contributed by atoms with E-state index >= 15 is 0 Å². The van der Waals surface area contributed by atoms with Crippen molar-refractivity contribution < 1.29 is 14.6 Å². The van der Waals surface area contributed by atoms with Crippen molar-refractivity contribution in [2.45, 2.75) is 5.16 Å². The van der Waals surface area contributed by atoms with E-state index in [4.69, 9.17) is 4.74 Å². The van der Waals surface area contributed by atoms with E-state index in [1.807, 2.05) is 59.2 Å². The number of amides is 1. The number of phenolic OH excluding ortho intramolecular Hbond substituents is 1. The maximum absolute atomic E-state index is 12.3. The number of ether oxygens (including phenoxy) is 1. The quantitative estimate of drug-likeness (QED) is 0.235. The summed E-state index contributed by atoms with van der Waals surface area (Å²) in [6, 6.07) is 23.9. The van der Waals surface area contributed by atoms with Gasteiger partial charge in [-0.1, -0.05) is 54.2 Å². The molecule has 2 N–H and O–H groups in total. The lowest BCUT2D eigenvalue weighted by atomic mass is 10.2. The van der Waals surface area contributed by atoms with Gasteiger partial charge in [0.1, 0.15) is 11.5 Å². The number of hydrazone groups is 1. The number of rotatable bonds is 8. The van der Waals surface area contributed by atoms with Crippen LogP contribution in [0.4, 0.5) is 0 Å². The van der Waals surface area contributed by atoms with Gasteiger partial charge in [0, 0.05) is 11.3 Å². The summed E-state index contributed by atoms with van der Waals surface area (Å²) >= 11 is 1.26. The molecule has 0 bridgehead atoms. The first-order valence-electron chi connectivity index (χ1n) is 10.0. The third kappa shape index (κ3) is 5.58. The first-order valence-corrected chi connectivity index (χ1v) is 11.0. The first-order chi connectivity index (χ1) is 16.1. The molecular formula is C24H21N5O3S. The molecule has 0 spiro atoms. The van der Waals surface area contributed by atoms with Crippen LogP contribution in [-0.4, -0.2) is 44.9 Å². The van der Waals surface area contributed by atoms with Gasteiger partial charge in [-0.25, -0.2) is 5.43 Å². The van der Waals surface area contributed by atoms with Crippen LogP contribution in [0.15, 0.2) is 89.1 Å². The number of hydrogen-bond acceptors (Lipinski definition) is 7. The maximum atomic E-state index is 12.3. The van der Waals surface area contributed by atoms with Gasteiger partial charge in [0.25, 0.3) is 5.91 Å². The molecule has 4 aromatic rings. The minimum Gasteiger partial charge on any atom is -0.508 e. The number of thioether (sulfide) groups is 1. The van der Waals surface area contributed by atoms with Gasteiger partial charge in [-0.3, -0.25) is 9.36 Å². The van der Waals surface area contributed by atoms with Crippen molar-refractivity contribution in [3.05, 3.63) is 84.4 Å². The Bertz CT molecular complexity index is 1260. The molecular weight excluding hydrogens is 438 g/mol. The number of methoxy groups -OCH3 is 1. The van der Waals surface area contributed by atoms with E-state index in [9.17, 15) is 9.90 Å². The zero-order chi connectivity index (χ0) is 23.0. The minimum absolute atomic E-state index is 0.0977. The van der Waals surface area contributed by atoms with E-state index in [-0.39, 0.29) is 17.4 Å². The fourth-order valence-corrected chi connectivity index (χ4v) is 3.79. The molecule has 1 amide bonds. The number of aromatic hydroxyl groups is 1. The Morgan fingerprint density at radius 1 is 1.09 bits per heavy atom. The van der Waals surface area contributed by atoms with E-state index in [1.54, 1.807) is 31.4 Å². The molecule has 9 heteroatoms. The third-order valence-corrected chi connectivity index (χ3v) is 5.53. The van der Waals surface area contributed by atoms with Crippen molar-refractivity contribution in [3.63, 3.8) is 0 Å². The molecule has 0 radical (unpaired) electrons. The van der Waals surface area contributed by atoms with Crippen molar-refractivity contribution in [2.24, 2.45) is 5.10 Å². The number of aromatic nitrogens is 3. The minimum atomic E-state index is -0.290. The largest absolute Gasteiger partial charge is 0.508 e. The fraction of sp³-hybridized carbons (Fsp3) is 0.0833. The SMILES string of the molecule is COc1ccc(-n2c(SCC(=O)N/N=C\c3cccc(O)c3)nnc2-c2ccccc2)cc1. The predicted octanol–water partition coefficient (Wildman–Crippen LogP) is 3.89. The second-order valence-electron chi connectivity index (χ2n) is 6.88. The van der Waals surface area contributed by atoms with E-state index in [0.29, 0.717) is 16.5 Å². The number of phenols is 1. The topological polar surface area (TPSA) is 102 Å². The molecule has 8 nitrogen and oxygen atoms in total. The van der Waals surface area contributed by atoms with Gasteiger partial charge in [0.2, 0.25) is 0 Å². The van der Waals surface area contributed by atoms with Crippen molar-refractivity contribution in [1.82, 2.24) is 20.2 Å². The highest BCUT2D eigenvalue weighted by Crippen LogP contribution is 2.28. The summed E-state index contributed by atoms with van der Waals surface area (Å²) in [4.78, 5) is 12.3. The highest BCUT2D eigenvalue weighted by atomic mass is 32.2. The Morgan fingerprint density at radius 3 is 2.61 bits per heavy atom. The van der Waals surface area contributed by atoms with Crippen LogP contribution in [0.25, 0.3) is 17.1 Å². The van der Waals surface area contributed by atoms with Crippen LogP contribution in [0.2, 0.25) is 0 Å². The average molecular weight is 460 g/mol. The van der Waals surface area contributed by atoms with Gasteiger partial charge in [-0.15, -0.1) is 10.2 Å². The number of carbonyl (C=O) groups is 1. The summed E-state index contributed by atoms with van der Waals surface area (Å²) in [5.74, 6) is 1.35. The molecule has 4 rings (SSSR count). The third-order valence-electron chi connectivity index (χ3n) is 4.60. The standard InChI is InChI=1S/C24H21N5O3S/c1-32-21-12-10-19(11-13-21)29-23(18-7-3-2-4-8-18)27-28-24(29)33-16-22(31)26-25-15-17-6-5-9-20(30)14-17/h2-15,30H,16H2,1H3,(H,26,31)/b25-15-. The van der Waals surface area contributed by atoms with Crippen LogP contribution in [0.1, 0.15) is 5.56 Å². The van der Waals surface area contributed by atoms with Crippen molar-refractivity contribution in [2.75, 3.05) is 12.9 Å². The summed E-state index contributed by atoms with van der Waals surface area (Å²) in [5, 5.41) is 22.7. The van der Waals surface area contributed by atoms with Crippen LogP contribution in [-0.2, 0) is 4.79 Å². The van der Waals surface area contributed by atoms with Gasteiger partial charge >= 0.3 is 0 Å². The molecule has 1 heterocycles. The van der Waals surface area contributed by atoms with Gasteiger partial charge in [0.15, 0.2) is 11.0 Å². The zero-order valence-electron chi connectivity index (χ0n) is 17.8. The average Bonchev–Trinajstić information content (AvgIpc) is 3.27. The highest BCUT2D eigenvalue weighted by molar-refractivity contribution is 7.99. The molecule has 0 atom stereocenters. The van der Waals surface area contributed by atoms with Gasteiger partial charge < -0.3 is 9.84 Å². The molecule has 33 heavy (non-hydrogen) atoms. The lowest BCUT2D eigenvalue weighted by Gasteiger charge is -2.11. The Labute approximate surface area is 194 Å². The van der Waals surface area contributed by atoms with Crippen LogP contribution in [0.5, 0.6) is 11.5 Å². The number of nitrogens with one attached hydrogen (secondary N) is 1. The summed E-state index contributed by atoms with van der Waals surface area (Å²) in [7, 11) is 1.62. The van der Waals surface area contributed by atoms with E-state index in [1.165, 1.54) is 18.0 Å². The zero-order valence-corrected chi connectivity index (χ0v) is 18.6. The normalized spacial score (nSPS) is 10.9. The predicted molar refractivity (Wildman–Crippen MR) is 128 cm³/mol. The molecule has 1 aromatic heterocycles. The summed E-state index contributed by atoms with van der Waals surface area (Å²) in [6.07, 6.45) is 1.47. The number of benzene rings is 3. The van der Waals surface area contributed by atoms with Crippen LogP contribution in [0.3, 0.4) is 0 Å². The van der Waals surface area contributed by atoms with E-state index < -0.39 is 0 Å². The Hall–Kier alpha value is -4.11. The molecule has 166 valence electrons. The van der Waals surface area contributed by atoms with Crippen molar-refractivity contribution >= 4 is 23.9 Å². The number of hydrogen-bond donors (Lipinski definition) is 2. The highest BCUT2D eigenvalue weighted by Gasteiger charge is 2.17. The molecule has 0 aliphatic heterocycles. The molecule has 0 saturated carbocycles. The van der Waals surface area contributed by atoms with Gasteiger partial charge in [-0.05, 0) is 42.0 Å². The van der Waals surface area contributed by atoms with Crippen molar-refractivity contribution in [3.8, 4) is 28.6 Å². The summed E-state index contributed by atoms with van der Waals surface area (Å²) in [5.41, 5.74) is 4.92. The first kappa shape index (κ1) is 22.1. The Balaban J connectivity index is 1.51. The molecule has 0 fully saturated rings. The monoisotopic (exact) mass is 459 g/mol. The summed E-state index contributed by atoms with van der Waals surface area (Å²) in [6.45, 7) is 0. The van der Waals surface area contributed by atoms with Gasteiger partial charge in [0.05, 0.1) is 19.1 Å². The maximum Gasteiger partial charge on any atom is 0.250 e. The summed E-state index contributed by atoms with van der Waals surface area (Å²) < 4.78 is 7.17. The Morgan fingerprint density at radius 2 is 1.88 bits per heavy atom. The molecule has 0 aliphatic carbocycles. The molecule has 0 saturated heterocycles. The van der Waals surface area contributed by atoms with Gasteiger partial charge in [-0.2, -0.15) is 5.10 Å². The number of carbonyl (C=O) groups excluding carboxylic acids is 1. The van der Waals surface area contributed by atoms with Crippen LogP contribution >= 0.6 is 11.8 Å². The lowest BCUT2D eigenvalue weighted by Crippen LogP contribution is -2.20. The van der Waals surface area contributed by atoms with Crippen LogP contribution in [0, 0.1) is 0 Å². The van der Waals surface area contributed by atoms with Crippen LogP contribution < -0.4 is 10.2 Å². The van der Waals surface area contributed by atoms with E-state index in [0.717, 1.165) is 17.0 Å². The number of nitrogens with zero attached hydrogens (tertiary/aromatic N) is 4. The molecule has 0 unspecified atom stereocenters. The van der Waals surface area contributed by atoms with E-state index in [2.05, 4.69) is 20.7 Å². The molecule has 3 aromatic carbocycles. The molecule has 0 aliphatic rings. The second kappa shape index (κ2) is 10.5. The van der Waals surface area contributed by atoms with Crippen molar-refractivity contribution in [1.29, 1.82) is 0 Å².